The van der Waals surface area contributed by atoms with E-state index in [0.29, 0.717) is 15.4 Å². The topological polar surface area (TPSA) is 67.4 Å². The summed E-state index contributed by atoms with van der Waals surface area (Å²) >= 11 is 1.17. The fourth-order valence-corrected chi connectivity index (χ4v) is 3.12. The minimum Gasteiger partial charge on any atom is -0.406 e. The predicted octanol–water partition coefficient (Wildman–Crippen LogP) is 4.87. The van der Waals surface area contributed by atoms with Crippen molar-refractivity contribution >= 4 is 28.2 Å². The lowest BCUT2D eigenvalue weighted by atomic mass is 9.96. The summed E-state index contributed by atoms with van der Waals surface area (Å²) in [5.74, 6) is -0.799. The first kappa shape index (κ1) is 21.7. The Balaban J connectivity index is 1.97. The van der Waals surface area contributed by atoms with E-state index in [1.807, 2.05) is 0 Å². The number of halogens is 3. The SMILES string of the molecule is Cc1cc(NC(=O)C(C)(C)C)sc1C(=O)NCc1ccc(OC(F)(F)F)cc1. The van der Waals surface area contributed by atoms with Crippen LogP contribution >= 0.6 is 11.3 Å². The van der Waals surface area contributed by atoms with E-state index in [4.69, 9.17) is 0 Å². The molecule has 0 aliphatic carbocycles. The van der Waals surface area contributed by atoms with Crippen LogP contribution in [-0.2, 0) is 11.3 Å². The van der Waals surface area contributed by atoms with Gasteiger partial charge in [0.1, 0.15) is 5.75 Å². The molecule has 0 bridgehead atoms. The Labute approximate surface area is 164 Å². The predicted molar refractivity (Wildman–Crippen MR) is 101 cm³/mol. The van der Waals surface area contributed by atoms with Crippen molar-refractivity contribution in [2.45, 2.75) is 40.6 Å². The van der Waals surface area contributed by atoms with Crippen molar-refractivity contribution < 1.29 is 27.5 Å². The van der Waals surface area contributed by atoms with Gasteiger partial charge in [-0.3, -0.25) is 9.59 Å². The third-order valence-electron chi connectivity index (χ3n) is 3.65. The fraction of sp³-hybridized carbons (Fsp3) is 0.368. The Morgan fingerprint density at radius 3 is 2.25 bits per heavy atom. The third-order valence-corrected chi connectivity index (χ3v) is 4.80. The van der Waals surface area contributed by atoms with Gasteiger partial charge in [0.25, 0.3) is 5.91 Å². The lowest BCUT2D eigenvalue weighted by Gasteiger charge is -2.16. The van der Waals surface area contributed by atoms with Crippen LogP contribution in [0, 0.1) is 12.3 Å². The molecule has 152 valence electrons. The molecule has 0 radical (unpaired) electrons. The number of carbonyl (C=O) groups is 2. The molecule has 2 aromatic rings. The number of rotatable bonds is 5. The van der Waals surface area contributed by atoms with Crippen molar-refractivity contribution in [3.8, 4) is 5.75 Å². The number of anilines is 1. The number of ether oxygens (including phenoxy) is 1. The Morgan fingerprint density at radius 2 is 1.71 bits per heavy atom. The average Bonchev–Trinajstić information content (AvgIpc) is 2.92. The highest BCUT2D eigenvalue weighted by atomic mass is 32.1. The second-order valence-corrected chi connectivity index (χ2v) is 8.25. The summed E-state index contributed by atoms with van der Waals surface area (Å²) in [6, 6.07) is 6.98. The van der Waals surface area contributed by atoms with Gasteiger partial charge in [-0.15, -0.1) is 24.5 Å². The van der Waals surface area contributed by atoms with E-state index in [1.165, 1.54) is 35.6 Å². The molecule has 1 aromatic carbocycles. The average molecular weight is 414 g/mol. The molecule has 0 saturated carbocycles. The molecular formula is C19H21F3N2O3S. The van der Waals surface area contributed by atoms with E-state index in [0.717, 1.165) is 5.56 Å². The molecule has 0 aliphatic rings. The molecule has 5 nitrogen and oxygen atoms in total. The van der Waals surface area contributed by atoms with Crippen molar-refractivity contribution in [1.29, 1.82) is 0 Å². The lowest BCUT2D eigenvalue weighted by molar-refractivity contribution is -0.274. The minimum atomic E-state index is -4.74. The van der Waals surface area contributed by atoms with Gasteiger partial charge in [-0.25, -0.2) is 0 Å². The quantitative estimate of drug-likeness (QED) is 0.734. The van der Waals surface area contributed by atoms with Gasteiger partial charge in [-0.1, -0.05) is 32.9 Å². The molecule has 1 aromatic heterocycles. The molecular weight excluding hydrogens is 393 g/mol. The maximum Gasteiger partial charge on any atom is 0.573 e. The number of benzene rings is 1. The molecule has 2 N–H and O–H groups in total. The van der Waals surface area contributed by atoms with Gasteiger partial charge in [0.15, 0.2) is 0 Å². The van der Waals surface area contributed by atoms with Crippen LogP contribution in [0.25, 0.3) is 0 Å². The number of thiophene rings is 1. The van der Waals surface area contributed by atoms with Crippen LogP contribution in [0.1, 0.15) is 41.6 Å². The number of hydrogen-bond donors (Lipinski definition) is 2. The van der Waals surface area contributed by atoms with Crippen LogP contribution in [-0.4, -0.2) is 18.2 Å². The normalized spacial score (nSPS) is 11.8. The third kappa shape index (κ3) is 6.26. The van der Waals surface area contributed by atoms with Crippen LogP contribution in [0.5, 0.6) is 5.75 Å². The zero-order valence-corrected chi connectivity index (χ0v) is 16.7. The van der Waals surface area contributed by atoms with E-state index < -0.39 is 11.8 Å². The first-order valence-electron chi connectivity index (χ1n) is 8.40. The Bertz CT molecular complexity index is 853. The van der Waals surface area contributed by atoms with Crippen molar-refractivity contribution in [2.75, 3.05) is 5.32 Å². The summed E-state index contributed by atoms with van der Waals surface area (Å²) in [5, 5.41) is 6.09. The summed E-state index contributed by atoms with van der Waals surface area (Å²) in [6.07, 6.45) is -4.74. The maximum atomic E-state index is 12.4. The largest absolute Gasteiger partial charge is 0.573 e. The highest BCUT2D eigenvalue weighted by Gasteiger charge is 2.31. The highest BCUT2D eigenvalue weighted by Crippen LogP contribution is 2.28. The van der Waals surface area contributed by atoms with Crippen LogP contribution in [0.4, 0.5) is 18.2 Å². The smallest absolute Gasteiger partial charge is 0.406 e. The van der Waals surface area contributed by atoms with Gasteiger partial charge in [0.2, 0.25) is 5.91 Å². The fourth-order valence-electron chi connectivity index (χ4n) is 2.14. The van der Waals surface area contributed by atoms with E-state index in [1.54, 1.807) is 33.8 Å². The van der Waals surface area contributed by atoms with Gasteiger partial charge in [0, 0.05) is 12.0 Å². The van der Waals surface area contributed by atoms with Crippen LogP contribution < -0.4 is 15.4 Å². The molecule has 0 spiro atoms. The number of nitrogens with one attached hydrogen (secondary N) is 2. The van der Waals surface area contributed by atoms with Crippen molar-refractivity contribution in [2.24, 2.45) is 5.41 Å². The van der Waals surface area contributed by atoms with Crippen molar-refractivity contribution in [3.63, 3.8) is 0 Å². The van der Waals surface area contributed by atoms with Crippen LogP contribution in [0.15, 0.2) is 30.3 Å². The van der Waals surface area contributed by atoms with Crippen molar-refractivity contribution in [3.05, 3.63) is 46.3 Å². The second kappa shape index (κ2) is 8.22. The molecule has 2 rings (SSSR count). The Hall–Kier alpha value is -2.55. The first-order chi connectivity index (χ1) is 12.8. The van der Waals surface area contributed by atoms with Gasteiger partial charge >= 0.3 is 6.36 Å². The molecule has 28 heavy (non-hydrogen) atoms. The van der Waals surface area contributed by atoms with E-state index >= 15 is 0 Å². The summed E-state index contributed by atoms with van der Waals surface area (Å²) in [7, 11) is 0. The van der Waals surface area contributed by atoms with E-state index in [2.05, 4.69) is 15.4 Å². The maximum absolute atomic E-state index is 12.4. The monoisotopic (exact) mass is 414 g/mol. The minimum absolute atomic E-state index is 0.145. The van der Waals surface area contributed by atoms with Crippen LogP contribution in [0.2, 0.25) is 0 Å². The number of amides is 2. The summed E-state index contributed by atoms with van der Waals surface area (Å²) in [4.78, 5) is 24.9. The molecule has 1 heterocycles. The highest BCUT2D eigenvalue weighted by molar-refractivity contribution is 7.18. The molecule has 2 amide bonds. The standard InChI is InChI=1S/C19H21F3N2O3S/c1-11-9-14(24-17(26)18(2,3)4)28-15(11)16(25)23-10-12-5-7-13(8-6-12)27-19(20,21)22/h5-9H,10H2,1-4H3,(H,23,25)(H,24,26). The summed E-state index contributed by atoms with van der Waals surface area (Å²) in [6.45, 7) is 7.29. The van der Waals surface area contributed by atoms with Gasteiger partial charge in [0.05, 0.1) is 9.88 Å². The van der Waals surface area contributed by atoms with Gasteiger partial charge < -0.3 is 15.4 Å². The second-order valence-electron chi connectivity index (χ2n) is 7.20. The van der Waals surface area contributed by atoms with Crippen molar-refractivity contribution in [1.82, 2.24) is 5.32 Å². The Morgan fingerprint density at radius 1 is 1.11 bits per heavy atom. The zero-order valence-electron chi connectivity index (χ0n) is 15.9. The lowest BCUT2D eigenvalue weighted by Crippen LogP contribution is -2.27. The molecule has 0 aliphatic heterocycles. The first-order valence-corrected chi connectivity index (χ1v) is 9.21. The molecule has 0 fully saturated rings. The molecule has 0 unspecified atom stereocenters. The number of carbonyl (C=O) groups excluding carboxylic acids is 2. The molecule has 0 saturated heterocycles. The zero-order chi connectivity index (χ0) is 21.1. The van der Waals surface area contributed by atoms with Gasteiger partial charge in [-0.05, 0) is 36.2 Å². The van der Waals surface area contributed by atoms with E-state index in [9.17, 15) is 22.8 Å². The van der Waals surface area contributed by atoms with E-state index in [-0.39, 0.29) is 24.1 Å². The summed E-state index contributed by atoms with van der Waals surface area (Å²) in [5.41, 5.74) is 0.793. The number of alkyl halides is 3. The number of aryl methyl sites for hydroxylation is 1. The molecule has 0 atom stereocenters. The van der Waals surface area contributed by atoms with Gasteiger partial charge in [-0.2, -0.15) is 0 Å². The van der Waals surface area contributed by atoms with Crippen LogP contribution in [0.3, 0.4) is 0 Å². The summed E-state index contributed by atoms with van der Waals surface area (Å²) < 4.78 is 40.3. The Kier molecular flexibility index (Phi) is 6.38. The molecule has 9 heteroatoms. The number of hydrogen-bond acceptors (Lipinski definition) is 4.